The van der Waals surface area contributed by atoms with Gasteiger partial charge in [-0.25, -0.2) is 0 Å². The van der Waals surface area contributed by atoms with Crippen LogP contribution in [0, 0.1) is 0 Å². The lowest BCUT2D eigenvalue weighted by Gasteiger charge is -2.26. The topological polar surface area (TPSA) is 17.4 Å². The van der Waals surface area contributed by atoms with Crippen LogP contribution in [-0.4, -0.2) is 4.57 Å². The van der Waals surface area contributed by atoms with Gasteiger partial charge in [0.1, 0.15) is 0 Å². The molecule has 10 aromatic rings. The lowest BCUT2D eigenvalue weighted by atomic mass is 9.98. The summed E-state index contributed by atoms with van der Waals surface area (Å²) < 4.78 is 8.70. The van der Waals surface area contributed by atoms with Crippen LogP contribution in [0.3, 0.4) is 0 Å². The molecule has 0 saturated heterocycles. The van der Waals surface area contributed by atoms with Gasteiger partial charge in [0.2, 0.25) is 0 Å². The fraction of sp³-hybridized carbons (Fsp3) is 0. The highest BCUT2D eigenvalue weighted by Gasteiger charge is 2.23. The van der Waals surface area contributed by atoms with E-state index < -0.39 is 0 Å². The Balaban J connectivity index is 0.987. The van der Waals surface area contributed by atoms with Gasteiger partial charge in [0.25, 0.3) is 0 Å². The van der Waals surface area contributed by atoms with E-state index in [1.165, 1.54) is 60.4 Å². The van der Waals surface area contributed by atoms with E-state index in [0.717, 1.165) is 39.8 Å². The molecular formula is C52H34N2O. The second kappa shape index (κ2) is 12.6. The van der Waals surface area contributed by atoms with Gasteiger partial charge in [-0.15, -0.1) is 0 Å². The number of hydrogen-bond acceptors (Lipinski definition) is 2. The summed E-state index contributed by atoms with van der Waals surface area (Å²) in [5.74, 6) is 1.77. The zero-order chi connectivity index (χ0) is 36.3. The first-order valence-corrected chi connectivity index (χ1v) is 18.8. The summed E-state index contributed by atoms with van der Waals surface area (Å²) in [6.45, 7) is 0. The molecule has 0 aliphatic carbocycles. The highest BCUT2D eigenvalue weighted by Crippen LogP contribution is 2.46. The summed E-state index contributed by atoms with van der Waals surface area (Å²) in [6, 6.07) is 73.9. The van der Waals surface area contributed by atoms with Crippen LogP contribution in [0.5, 0.6) is 11.5 Å². The molecule has 1 aliphatic rings. The fourth-order valence-electron chi connectivity index (χ4n) is 8.35. The van der Waals surface area contributed by atoms with Gasteiger partial charge in [-0.3, -0.25) is 0 Å². The highest BCUT2D eigenvalue weighted by atomic mass is 16.5. The third-order valence-corrected chi connectivity index (χ3v) is 11.0. The lowest BCUT2D eigenvalue weighted by molar-refractivity contribution is 0.476. The van der Waals surface area contributed by atoms with Gasteiger partial charge in [-0.05, 0) is 111 Å². The van der Waals surface area contributed by atoms with Gasteiger partial charge in [-0.1, -0.05) is 140 Å². The second-order valence-corrected chi connectivity index (χ2v) is 14.2. The number of aromatic nitrogens is 1. The Labute approximate surface area is 319 Å². The van der Waals surface area contributed by atoms with Crippen molar-refractivity contribution in [3.63, 3.8) is 0 Å². The standard InChI is InChI=1S/C52H34N2O/c1-2-10-35(11-3-1)36-20-27-41(28-21-36)53(43-31-24-39(25-32-43)45-15-8-13-38-12-4-5-14-44(38)45)42-29-22-37(23-30-42)40-26-33-48-47(34-40)46-16-9-19-51-52(46)54(48)49-17-6-7-18-50(49)55-51/h1-34H. The molecule has 0 fully saturated rings. The van der Waals surface area contributed by atoms with E-state index in [-0.39, 0.29) is 0 Å². The van der Waals surface area contributed by atoms with Crippen LogP contribution in [0.2, 0.25) is 0 Å². The van der Waals surface area contributed by atoms with E-state index in [0.29, 0.717) is 0 Å². The Bertz CT molecular complexity index is 3030. The van der Waals surface area contributed by atoms with Crippen LogP contribution in [-0.2, 0) is 0 Å². The smallest absolute Gasteiger partial charge is 0.152 e. The first-order valence-electron chi connectivity index (χ1n) is 18.8. The minimum Gasteiger partial charge on any atom is -0.453 e. The SMILES string of the molecule is c1ccc(-c2ccc(N(c3ccc(-c4ccc5c(c4)c4cccc6c4n5-c4ccccc4O6)cc3)c3ccc(-c4cccc5ccccc45)cc3)cc2)cc1. The van der Waals surface area contributed by atoms with E-state index >= 15 is 0 Å². The van der Waals surface area contributed by atoms with Gasteiger partial charge < -0.3 is 14.2 Å². The van der Waals surface area contributed by atoms with Gasteiger partial charge in [0, 0.05) is 27.8 Å². The van der Waals surface area contributed by atoms with Crippen molar-refractivity contribution in [2.45, 2.75) is 0 Å². The third-order valence-electron chi connectivity index (χ3n) is 11.0. The number of hydrogen-bond donors (Lipinski definition) is 0. The maximum Gasteiger partial charge on any atom is 0.152 e. The monoisotopic (exact) mass is 702 g/mol. The van der Waals surface area contributed by atoms with Crippen LogP contribution in [0.4, 0.5) is 17.1 Å². The van der Waals surface area contributed by atoms with Crippen molar-refractivity contribution in [3.05, 3.63) is 206 Å². The Morgan fingerprint density at radius 2 is 0.909 bits per heavy atom. The minimum atomic E-state index is 0.877. The summed E-state index contributed by atoms with van der Waals surface area (Å²) in [7, 11) is 0. The van der Waals surface area contributed by atoms with E-state index in [1.807, 2.05) is 12.1 Å². The molecule has 9 aromatic carbocycles. The van der Waals surface area contributed by atoms with Crippen LogP contribution < -0.4 is 9.64 Å². The molecule has 1 aliphatic heterocycles. The van der Waals surface area contributed by atoms with E-state index in [9.17, 15) is 0 Å². The summed E-state index contributed by atoms with van der Waals surface area (Å²) in [6.07, 6.45) is 0. The predicted molar refractivity (Wildman–Crippen MR) is 229 cm³/mol. The van der Waals surface area contributed by atoms with Crippen molar-refractivity contribution in [1.82, 2.24) is 4.57 Å². The molecule has 0 unspecified atom stereocenters. The molecule has 3 nitrogen and oxygen atoms in total. The molecule has 11 rings (SSSR count). The maximum atomic E-state index is 6.35. The number of rotatable bonds is 6. The normalized spacial score (nSPS) is 11.8. The van der Waals surface area contributed by atoms with Crippen molar-refractivity contribution in [2.24, 2.45) is 0 Å². The number of para-hydroxylation sites is 3. The molecule has 2 heterocycles. The largest absolute Gasteiger partial charge is 0.453 e. The van der Waals surface area contributed by atoms with Crippen molar-refractivity contribution in [3.8, 4) is 50.6 Å². The highest BCUT2D eigenvalue weighted by molar-refractivity contribution is 6.13. The maximum absolute atomic E-state index is 6.35. The molecule has 0 amide bonds. The molecule has 55 heavy (non-hydrogen) atoms. The minimum absolute atomic E-state index is 0.877. The number of benzene rings is 9. The van der Waals surface area contributed by atoms with Crippen LogP contribution >= 0.6 is 0 Å². The number of nitrogens with zero attached hydrogens (tertiary/aromatic N) is 2. The Morgan fingerprint density at radius 1 is 0.364 bits per heavy atom. The summed E-state index contributed by atoms with van der Waals surface area (Å²) >= 11 is 0. The van der Waals surface area contributed by atoms with Gasteiger partial charge >= 0.3 is 0 Å². The average molecular weight is 703 g/mol. The molecule has 0 atom stereocenters. The molecule has 3 heteroatoms. The molecule has 0 radical (unpaired) electrons. The first kappa shape index (κ1) is 31.2. The van der Waals surface area contributed by atoms with Crippen LogP contribution in [0.25, 0.3) is 71.6 Å². The van der Waals surface area contributed by atoms with Crippen molar-refractivity contribution < 1.29 is 4.74 Å². The molecule has 0 spiro atoms. The summed E-state index contributed by atoms with van der Waals surface area (Å²) in [5, 5.41) is 4.91. The summed E-state index contributed by atoms with van der Waals surface area (Å²) in [4.78, 5) is 2.34. The van der Waals surface area contributed by atoms with Gasteiger partial charge in [0.15, 0.2) is 11.5 Å². The number of ether oxygens (including phenoxy) is 1. The Hall–Kier alpha value is -7.36. The third kappa shape index (κ3) is 5.20. The van der Waals surface area contributed by atoms with Gasteiger partial charge in [0.05, 0.1) is 16.7 Å². The lowest BCUT2D eigenvalue weighted by Crippen LogP contribution is -2.09. The van der Waals surface area contributed by atoms with E-state index in [2.05, 4.69) is 204 Å². The van der Waals surface area contributed by atoms with Crippen LogP contribution in [0.1, 0.15) is 0 Å². The average Bonchev–Trinajstić information content (AvgIpc) is 3.60. The van der Waals surface area contributed by atoms with Crippen molar-refractivity contribution in [2.75, 3.05) is 4.90 Å². The van der Waals surface area contributed by atoms with E-state index in [1.54, 1.807) is 0 Å². The predicted octanol–water partition coefficient (Wildman–Crippen LogP) is 14.5. The molecule has 0 N–H and O–H groups in total. The van der Waals surface area contributed by atoms with Crippen molar-refractivity contribution in [1.29, 1.82) is 0 Å². The quantitative estimate of drug-likeness (QED) is 0.172. The number of fused-ring (bicyclic) bond motifs is 6. The van der Waals surface area contributed by atoms with Crippen molar-refractivity contribution >= 4 is 49.6 Å². The second-order valence-electron chi connectivity index (χ2n) is 14.2. The fourth-order valence-corrected chi connectivity index (χ4v) is 8.35. The van der Waals surface area contributed by atoms with E-state index in [4.69, 9.17) is 4.74 Å². The number of anilines is 3. The summed E-state index contributed by atoms with van der Waals surface area (Å²) in [5.41, 5.74) is 13.8. The molecule has 0 saturated carbocycles. The molecule has 1 aromatic heterocycles. The molecular weight excluding hydrogens is 669 g/mol. The first-order chi connectivity index (χ1) is 27.3. The molecule has 258 valence electrons. The zero-order valence-corrected chi connectivity index (χ0v) is 29.9. The Morgan fingerprint density at radius 3 is 1.67 bits per heavy atom. The van der Waals surface area contributed by atoms with Crippen LogP contribution in [0.15, 0.2) is 206 Å². The molecule has 0 bridgehead atoms. The zero-order valence-electron chi connectivity index (χ0n) is 29.9. The Kier molecular flexibility index (Phi) is 7.17. The van der Waals surface area contributed by atoms with Gasteiger partial charge in [-0.2, -0.15) is 0 Å².